The van der Waals surface area contributed by atoms with E-state index in [4.69, 9.17) is 4.74 Å². The van der Waals surface area contributed by atoms with Crippen molar-refractivity contribution in [2.75, 3.05) is 18.1 Å². The van der Waals surface area contributed by atoms with Crippen molar-refractivity contribution in [2.24, 2.45) is 0 Å². The van der Waals surface area contributed by atoms with Crippen LogP contribution in [0.5, 0.6) is 0 Å². The fourth-order valence-corrected chi connectivity index (χ4v) is 2.57. The van der Waals surface area contributed by atoms with E-state index in [0.29, 0.717) is 6.54 Å². The van der Waals surface area contributed by atoms with Gasteiger partial charge >= 0.3 is 6.03 Å². The average Bonchev–Trinajstić information content (AvgIpc) is 2.39. The number of carbonyl (C=O) groups excluding carboxylic acids is 1. The Balaban J connectivity index is 1.94. The summed E-state index contributed by atoms with van der Waals surface area (Å²) in [7, 11) is 0. The summed E-state index contributed by atoms with van der Waals surface area (Å²) < 4.78 is 5.36. The zero-order valence-corrected chi connectivity index (χ0v) is 9.69. The first kappa shape index (κ1) is 10.6. The molecule has 3 rings (SSSR count). The third-order valence-electron chi connectivity index (χ3n) is 3.46. The second kappa shape index (κ2) is 4.37. The highest BCUT2D eigenvalue weighted by atomic mass is 16.5. The van der Waals surface area contributed by atoms with Gasteiger partial charge in [0, 0.05) is 25.8 Å². The van der Waals surface area contributed by atoms with Gasteiger partial charge in [0.25, 0.3) is 0 Å². The van der Waals surface area contributed by atoms with Crippen LogP contribution in [0, 0.1) is 0 Å². The Labute approximate surface area is 101 Å². The summed E-state index contributed by atoms with van der Waals surface area (Å²) in [5, 5.41) is 2.93. The van der Waals surface area contributed by atoms with E-state index in [-0.39, 0.29) is 12.1 Å². The standard InChI is InChI=1S/C13H16N2O2/c16-13-14-9-10-3-1-2-4-12(10)15(13)11-5-7-17-8-6-11/h1-4,11H,5-9H2,(H,14,16). The van der Waals surface area contributed by atoms with Crippen molar-refractivity contribution in [3.63, 3.8) is 0 Å². The van der Waals surface area contributed by atoms with E-state index < -0.39 is 0 Å². The molecule has 4 heteroatoms. The summed E-state index contributed by atoms with van der Waals surface area (Å²) in [5.41, 5.74) is 2.25. The molecule has 2 aliphatic heterocycles. The predicted octanol–water partition coefficient (Wildman–Crippen LogP) is 1.90. The number of anilines is 1. The Morgan fingerprint density at radius 1 is 1.24 bits per heavy atom. The maximum Gasteiger partial charge on any atom is 0.322 e. The van der Waals surface area contributed by atoms with Crippen molar-refractivity contribution in [3.8, 4) is 0 Å². The van der Waals surface area contributed by atoms with Gasteiger partial charge in [-0.05, 0) is 24.5 Å². The quantitative estimate of drug-likeness (QED) is 0.803. The third-order valence-corrected chi connectivity index (χ3v) is 3.46. The number of nitrogens with one attached hydrogen (secondary N) is 1. The van der Waals surface area contributed by atoms with Crippen LogP contribution in [-0.2, 0) is 11.3 Å². The lowest BCUT2D eigenvalue weighted by Crippen LogP contribution is -2.51. The summed E-state index contributed by atoms with van der Waals surface area (Å²) >= 11 is 0. The zero-order chi connectivity index (χ0) is 11.7. The van der Waals surface area contributed by atoms with E-state index in [9.17, 15) is 4.79 Å². The van der Waals surface area contributed by atoms with Crippen LogP contribution in [0.1, 0.15) is 18.4 Å². The number of carbonyl (C=O) groups is 1. The summed E-state index contributed by atoms with van der Waals surface area (Å²) in [5.74, 6) is 0. The Morgan fingerprint density at radius 2 is 2.00 bits per heavy atom. The Morgan fingerprint density at radius 3 is 2.82 bits per heavy atom. The highest BCUT2D eigenvalue weighted by Gasteiger charge is 2.31. The highest BCUT2D eigenvalue weighted by Crippen LogP contribution is 2.29. The highest BCUT2D eigenvalue weighted by molar-refractivity contribution is 5.95. The van der Waals surface area contributed by atoms with Crippen LogP contribution in [0.15, 0.2) is 24.3 Å². The van der Waals surface area contributed by atoms with Crippen LogP contribution in [0.3, 0.4) is 0 Å². The molecular weight excluding hydrogens is 216 g/mol. The van der Waals surface area contributed by atoms with Gasteiger partial charge in [-0.2, -0.15) is 0 Å². The molecular formula is C13H16N2O2. The van der Waals surface area contributed by atoms with Crippen molar-refractivity contribution in [3.05, 3.63) is 29.8 Å². The number of amides is 2. The van der Waals surface area contributed by atoms with E-state index in [1.165, 1.54) is 5.56 Å². The predicted molar refractivity (Wildman–Crippen MR) is 65.0 cm³/mol. The molecule has 0 unspecified atom stereocenters. The number of nitrogens with zero attached hydrogens (tertiary/aromatic N) is 1. The molecule has 0 aromatic heterocycles. The maximum absolute atomic E-state index is 12.0. The number of para-hydroxylation sites is 1. The van der Waals surface area contributed by atoms with Gasteiger partial charge in [0.05, 0.1) is 5.69 Å². The first-order valence-corrected chi connectivity index (χ1v) is 6.09. The molecule has 1 saturated heterocycles. The second-order valence-corrected chi connectivity index (χ2v) is 4.50. The summed E-state index contributed by atoms with van der Waals surface area (Å²) in [6, 6.07) is 8.40. The van der Waals surface area contributed by atoms with Crippen LogP contribution in [0.2, 0.25) is 0 Å². The van der Waals surface area contributed by atoms with Crippen LogP contribution in [0.25, 0.3) is 0 Å². The number of hydrogen-bond donors (Lipinski definition) is 1. The first-order valence-electron chi connectivity index (χ1n) is 6.09. The van der Waals surface area contributed by atoms with Crippen molar-refractivity contribution < 1.29 is 9.53 Å². The summed E-state index contributed by atoms with van der Waals surface area (Å²) in [6.45, 7) is 2.13. The molecule has 0 bridgehead atoms. The third kappa shape index (κ3) is 1.89. The van der Waals surface area contributed by atoms with Crippen LogP contribution < -0.4 is 10.2 Å². The molecule has 2 aliphatic rings. The van der Waals surface area contributed by atoms with E-state index in [2.05, 4.69) is 11.4 Å². The van der Waals surface area contributed by atoms with Gasteiger partial charge in [0.1, 0.15) is 0 Å². The summed E-state index contributed by atoms with van der Waals surface area (Å²) in [4.78, 5) is 13.9. The minimum Gasteiger partial charge on any atom is -0.381 e. The number of fused-ring (bicyclic) bond motifs is 1. The second-order valence-electron chi connectivity index (χ2n) is 4.50. The van der Waals surface area contributed by atoms with E-state index in [0.717, 1.165) is 31.7 Å². The minimum absolute atomic E-state index is 0.0237. The van der Waals surface area contributed by atoms with E-state index in [1.807, 2.05) is 23.1 Å². The van der Waals surface area contributed by atoms with Gasteiger partial charge in [-0.3, -0.25) is 4.90 Å². The molecule has 1 aromatic carbocycles. The number of urea groups is 1. The molecule has 0 spiro atoms. The lowest BCUT2D eigenvalue weighted by atomic mass is 10.0. The molecule has 2 amide bonds. The number of hydrogen-bond acceptors (Lipinski definition) is 2. The number of ether oxygens (including phenoxy) is 1. The number of rotatable bonds is 1. The monoisotopic (exact) mass is 232 g/mol. The Kier molecular flexibility index (Phi) is 2.73. The van der Waals surface area contributed by atoms with Gasteiger partial charge in [0.15, 0.2) is 0 Å². The summed E-state index contributed by atoms with van der Waals surface area (Å²) in [6.07, 6.45) is 1.84. The van der Waals surface area contributed by atoms with Gasteiger partial charge in [-0.1, -0.05) is 18.2 Å². The lowest BCUT2D eigenvalue weighted by molar-refractivity contribution is 0.0853. The molecule has 17 heavy (non-hydrogen) atoms. The molecule has 2 heterocycles. The minimum atomic E-state index is 0.0237. The van der Waals surface area contributed by atoms with Gasteiger partial charge in [-0.25, -0.2) is 4.79 Å². The van der Waals surface area contributed by atoms with Crippen LogP contribution in [0.4, 0.5) is 10.5 Å². The Hall–Kier alpha value is -1.55. The average molecular weight is 232 g/mol. The molecule has 0 saturated carbocycles. The maximum atomic E-state index is 12.0. The van der Waals surface area contributed by atoms with Gasteiger partial charge in [-0.15, -0.1) is 0 Å². The van der Waals surface area contributed by atoms with Crippen molar-refractivity contribution in [2.45, 2.75) is 25.4 Å². The lowest BCUT2D eigenvalue weighted by Gasteiger charge is -2.38. The fourth-order valence-electron chi connectivity index (χ4n) is 2.57. The van der Waals surface area contributed by atoms with Crippen molar-refractivity contribution in [1.82, 2.24) is 5.32 Å². The molecule has 0 aliphatic carbocycles. The first-order chi connectivity index (χ1) is 8.36. The normalized spacial score (nSPS) is 20.9. The SMILES string of the molecule is O=C1NCc2ccccc2N1C1CCOCC1. The molecule has 90 valence electrons. The molecule has 1 aromatic rings. The smallest absolute Gasteiger partial charge is 0.322 e. The number of benzene rings is 1. The van der Waals surface area contributed by atoms with E-state index >= 15 is 0 Å². The van der Waals surface area contributed by atoms with Gasteiger partial charge < -0.3 is 10.1 Å². The van der Waals surface area contributed by atoms with Crippen molar-refractivity contribution in [1.29, 1.82) is 0 Å². The molecule has 1 fully saturated rings. The molecule has 0 atom stereocenters. The van der Waals surface area contributed by atoms with Crippen molar-refractivity contribution >= 4 is 11.7 Å². The fraction of sp³-hybridized carbons (Fsp3) is 0.462. The van der Waals surface area contributed by atoms with Crippen LogP contribution in [-0.4, -0.2) is 25.3 Å². The molecule has 4 nitrogen and oxygen atoms in total. The van der Waals surface area contributed by atoms with E-state index in [1.54, 1.807) is 0 Å². The zero-order valence-electron chi connectivity index (χ0n) is 9.69. The largest absolute Gasteiger partial charge is 0.381 e. The topological polar surface area (TPSA) is 41.6 Å². The van der Waals surface area contributed by atoms with Crippen LogP contribution >= 0.6 is 0 Å². The molecule has 0 radical (unpaired) electrons. The molecule has 1 N–H and O–H groups in total. The Bertz CT molecular complexity index is 427. The van der Waals surface area contributed by atoms with Gasteiger partial charge in [0.2, 0.25) is 0 Å².